The minimum atomic E-state index is -0.504. The Morgan fingerprint density at radius 2 is 2.05 bits per heavy atom. The number of ether oxygens (including phenoxy) is 1. The molecule has 2 atom stereocenters. The van der Waals surface area contributed by atoms with E-state index in [9.17, 15) is 4.79 Å². The van der Waals surface area contributed by atoms with Crippen LogP contribution >= 0.6 is 11.6 Å². The standard InChI is InChI=1S/C16H23ClN2O2/c1-11(18)13-6-8-19(9-7-13)16(20)12(2)21-15-5-3-4-14(17)10-15/h3-5,10-13H,6-9,18H2,1-2H3. The molecule has 1 aromatic rings. The Kier molecular flexibility index (Phi) is 5.48. The van der Waals surface area contributed by atoms with Crippen molar-refractivity contribution in [3.8, 4) is 5.75 Å². The highest BCUT2D eigenvalue weighted by molar-refractivity contribution is 6.30. The van der Waals surface area contributed by atoms with Crippen molar-refractivity contribution in [2.24, 2.45) is 11.7 Å². The Labute approximate surface area is 131 Å². The number of piperidine rings is 1. The molecule has 0 aliphatic carbocycles. The second kappa shape index (κ2) is 7.14. The van der Waals surface area contributed by atoms with Gasteiger partial charge in [-0.05, 0) is 50.8 Å². The summed E-state index contributed by atoms with van der Waals surface area (Å²) in [6, 6.07) is 7.30. The Morgan fingerprint density at radius 1 is 1.38 bits per heavy atom. The van der Waals surface area contributed by atoms with Gasteiger partial charge in [-0.3, -0.25) is 4.79 Å². The third-order valence-electron chi connectivity index (χ3n) is 4.05. The third-order valence-corrected chi connectivity index (χ3v) is 4.29. The fourth-order valence-electron chi connectivity index (χ4n) is 2.70. The summed E-state index contributed by atoms with van der Waals surface area (Å²) in [6.07, 6.45) is 1.43. The molecule has 1 heterocycles. The summed E-state index contributed by atoms with van der Waals surface area (Å²) in [7, 11) is 0. The zero-order chi connectivity index (χ0) is 15.4. The van der Waals surface area contributed by atoms with Crippen molar-refractivity contribution in [3.05, 3.63) is 29.3 Å². The summed E-state index contributed by atoms with van der Waals surface area (Å²) in [4.78, 5) is 14.3. The van der Waals surface area contributed by atoms with Gasteiger partial charge in [-0.15, -0.1) is 0 Å². The van der Waals surface area contributed by atoms with Gasteiger partial charge in [0.25, 0.3) is 5.91 Å². The SMILES string of the molecule is CC(Oc1cccc(Cl)c1)C(=O)N1CCC(C(C)N)CC1. The summed E-state index contributed by atoms with van der Waals surface area (Å²) in [6.45, 7) is 5.33. The molecule has 4 nitrogen and oxygen atoms in total. The van der Waals surface area contributed by atoms with E-state index in [-0.39, 0.29) is 11.9 Å². The molecule has 0 bridgehead atoms. The molecule has 116 valence electrons. The lowest BCUT2D eigenvalue weighted by Crippen LogP contribution is -2.46. The van der Waals surface area contributed by atoms with Gasteiger partial charge in [-0.25, -0.2) is 0 Å². The number of benzene rings is 1. The van der Waals surface area contributed by atoms with Crippen LogP contribution in [0.15, 0.2) is 24.3 Å². The Balaban J connectivity index is 1.88. The van der Waals surface area contributed by atoms with Crippen molar-refractivity contribution in [3.63, 3.8) is 0 Å². The van der Waals surface area contributed by atoms with Gasteiger partial charge in [0.2, 0.25) is 0 Å². The number of halogens is 1. The Hall–Kier alpha value is -1.26. The first-order chi connectivity index (χ1) is 9.97. The molecule has 1 aromatic carbocycles. The Bertz CT molecular complexity index is 485. The summed E-state index contributed by atoms with van der Waals surface area (Å²) < 4.78 is 5.68. The molecular formula is C16H23ClN2O2. The zero-order valence-corrected chi connectivity index (χ0v) is 13.3. The smallest absolute Gasteiger partial charge is 0.263 e. The molecule has 0 aromatic heterocycles. The number of hydrogen-bond acceptors (Lipinski definition) is 3. The van der Waals surface area contributed by atoms with Crippen molar-refractivity contribution in [1.82, 2.24) is 4.90 Å². The van der Waals surface area contributed by atoms with E-state index in [4.69, 9.17) is 22.1 Å². The minimum Gasteiger partial charge on any atom is -0.481 e. The van der Waals surface area contributed by atoms with Crippen LogP contribution < -0.4 is 10.5 Å². The van der Waals surface area contributed by atoms with Crippen molar-refractivity contribution in [1.29, 1.82) is 0 Å². The summed E-state index contributed by atoms with van der Waals surface area (Å²) in [5.41, 5.74) is 5.92. The van der Waals surface area contributed by atoms with Crippen LogP contribution in [0, 0.1) is 5.92 Å². The number of amides is 1. The van der Waals surface area contributed by atoms with E-state index in [0.717, 1.165) is 25.9 Å². The van der Waals surface area contributed by atoms with Gasteiger partial charge in [0.1, 0.15) is 5.75 Å². The summed E-state index contributed by atoms with van der Waals surface area (Å²) >= 11 is 5.92. The van der Waals surface area contributed by atoms with Crippen molar-refractivity contribution < 1.29 is 9.53 Å². The van der Waals surface area contributed by atoms with Crippen LogP contribution in [0.4, 0.5) is 0 Å². The maximum atomic E-state index is 12.4. The molecule has 1 fully saturated rings. The number of likely N-dealkylation sites (tertiary alicyclic amines) is 1. The molecule has 1 saturated heterocycles. The van der Waals surface area contributed by atoms with Gasteiger partial charge in [-0.2, -0.15) is 0 Å². The molecular weight excluding hydrogens is 288 g/mol. The van der Waals surface area contributed by atoms with Gasteiger partial charge < -0.3 is 15.4 Å². The first-order valence-electron chi connectivity index (χ1n) is 7.44. The largest absolute Gasteiger partial charge is 0.481 e. The van der Waals surface area contributed by atoms with Crippen LogP contribution in [-0.2, 0) is 4.79 Å². The quantitative estimate of drug-likeness (QED) is 0.930. The number of carbonyl (C=O) groups excluding carboxylic acids is 1. The number of nitrogens with zero attached hydrogens (tertiary/aromatic N) is 1. The maximum absolute atomic E-state index is 12.4. The molecule has 2 N–H and O–H groups in total. The molecule has 21 heavy (non-hydrogen) atoms. The molecule has 0 saturated carbocycles. The lowest BCUT2D eigenvalue weighted by Gasteiger charge is -2.35. The highest BCUT2D eigenvalue weighted by atomic mass is 35.5. The molecule has 5 heteroatoms. The van der Waals surface area contributed by atoms with Crippen molar-refractivity contribution in [2.75, 3.05) is 13.1 Å². The van der Waals surface area contributed by atoms with Gasteiger partial charge in [0.15, 0.2) is 6.10 Å². The lowest BCUT2D eigenvalue weighted by molar-refractivity contribution is -0.139. The molecule has 0 spiro atoms. The van der Waals surface area contributed by atoms with Crippen LogP contribution in [0.2, 0.25) is 5.02 Å². The number of carbonyl (C=O) groups is 1. The molecule has 2 rings (SSSR count). The van der Waals surface area contributed by atoms with Gasteiger partial charge in [0, 0.05) is 24.2 Å². The van der Waals surface area contributed by atoms with Crippen LogP contribution in [0.25, 0.3) is 0 Å². The van der Waals surface area contributed by atoms with E-state index >= 15 is 0 Å². The highest BCUT2D eigenvalue weighted by Crippen LogP contribution is 2.22. The highest BCUT2D eigenvalue weighted by Gasteiger charge is 2.28. The van der Waals surface area contributed by atoms with Crippen LogP contribution in [0.1, 0.15) is 26.7 Å². The van der Waals surface area contributed by atoms with Crippen LogP contribution in [-0.4, -0.2) is 36.0 Å². The number of hydrogen-bond donors (Lipinski definition) is 1. The molecule has 1 aliphatic rings. The van der Waals surface area contributed by atoms with Crippen LogP contribution in [0.3, 0.4) is 0 Å². The molecule has 1 amide bonds. The van der Waals surface area contributed by atoms with E-state index in [1.807, 2.05) is 17.9 Å². The predicted molar refractivity (Wildman–Crippen MR) is 84.5 cm³/mol. The molecule has 0 radical (unpaired) electrons. The average Bonchev–Trinajstić information content (AvgIpc) is 2.46. The van der Waals surface area contributed by atoms with Gasteiger partial charge in [-0.1, -0.05) is 17.7 Å². The first kappa shape index (κ1) is 16.1. The van der Waals surface area contributed by atoms with E-state index < -0.39 is 6.10 Å². The molecule has 1 aliphatic heterocycles. The van der Waals surface area contributed by atoms with Crippen molar-refractivity contribution in [2.45, 2.75) is 38.8 Å². The zero-order valence-electron chi connectivity index (χ0n) is 12.6. The third kappa shape index (κ3) is 4.35. The number of nitrogens with two attached hydrogens (primary N) is 1. The number of rotatable bonds is 4. The van der Waals surface area contributed by atoms with E-state index in [0.29, 0.717) is 16.7 Å². The lowest BCUT2D eigenvalue weighted by atomic mass is 9.91. The maximum Gasteiger partial charge on any atom is 0.263 e. The second-order valence-corrected chi connectivity index (χ2v) is 6.18. The van der Waals surface area contributed by atoms with E-state index in [1.165, 1.54) is 0 Å². The van der Waals surface area contributed by atoms with E-state index in [2.05, 4.69) is 0 Å². The second-order valence-electron chi connectivity index (χ2n) is 5.74. The first-order valence-corrected chi connectivity index (χ1v) is 7.81. The van der Waals surface area contributed by atoms with Gasteiger partial charge in [0.05, 0.1) is 0 Å². The monoisotopic (exact) mass is 310 g/mol. The normalized spacial score (nSPS) is 19.1. The fourth-order valence-corrected chi connectivity index (χ4v) is 2.88. The topological polar surface area (TPSA) is 55.6 Å². The van der Waals surface area contributed by atoms with Crippen molar-refractivity contribution >= 4 is 17.5 Å². The Morgan fingerprint density at radius 3 is 2.62 bits per heavy atom. The van der Waals surface area contributed by atoms with Gasteiger partial charge >= 0.3 is 0 Å². The van der Waals surface area contributed by atoms with E-state index in [1.54, 1.807) is 25.1 Å². The van der Waals surface area contributed by atoms with Crippen LogP contribution in [0.5, 0.6) is 5.75 Å². The predicted octanol–water partition coefficient (Wildman–Crippen LogP) is 2.69. The minimum absolute atomic E-state index is 0.0260. The average molecular weight is 311 g/mol. The summed E-state index contributed by atoms with van der Waals surface area (Å²) in [5.74, 6) is 1.16. The molecule has 2 unspecified atom stereocenters. The summed E-state index contributed by atoms with van der Waals surface area (Å²) in [5, 5.41) is 0.602. The fraction of sp³-hybridized carbons (Fsp3) is 0.562.